The lowest BCUT2D eigenvalue weighted by Gasteiger charge is -2.16. The van der Waals surface area contributed by atoms with E-state index in [9.17, 15) is 13.6 Å². The quantitative estimate of drug-likeness (QED) is 0.873. The maximum absolute atomic E-state index is 13.5. The number of hydrogen-bond donors (Lipinski definition) is 1. The minimum Gasteiger partial charge on any atom is -0.478 e. The van der Waals surface area contributed by atoms with Gasteiger partial charge in [-0.2, -0.15) is 0 Å². The second kappa shape index (κ2) is 6.94. The van der Waals surface area contributed by atoms with Gasteiger partial charge in [-0.1, -0.05) is 23.2 Å². The summed E-state index contributed by atoms with van der Waals surface area (Å²) in [5, 5.41) is 3.23. The van der Waals surface area contributed by atoms with Gasteiger partial charge in [-0.15, -0.1) is 0 Å². The Morgan fingerprint density at radius 2 is 1.91 bits per heavy atom. The molecule has 2 aromatic carbocycles. The Morgan fingerprint density at radius 1 is 1.18 bits per heavy atom. The molecule has 2 aromatic rings. The van der Waals surface area contributed by atoms with Crippen LogP contribution < -0.4 is 10.1 Å². The van der Waals surface area contributed by atoms with E-state index in [4.69, 9.17) is 27.9 Å². The van der Waals surface area contributed by atoms with Crippen molar-refractivity contribution < 1.29 is 18.3 Å². The molecule has 2 rings (SSSR count). The molecule has 0 aliphatic carbocycles. The van der Waals surface area contributed by atoms with Crippen molar-refractivity contribution in [3.63, 3.8) is 0 Å². The maximum Gasteiger partial charge on any atom is 0.265 e. The van der Waals surface area contributed by atoms with Crippen LogP contribution in [0, 0.1) is 11.6 Å². The number of amides is 1. The molecular weight excluding hydrogens is 335 g/mol. The first kappa shape index (κ1) is 16.5. The molecule has 1 N–H and O–H groups in total. The topological polar surface area (TPSA) is 38.3 Å². The number of nitrogens with one attached hydrogen (secondary N) is 1. The van der Waals surface area contributed by atoms with Gasteiger partial charge >= 0.3 is 0 Å². The summed E-state index contributed by atoms with van der Waals surface area (Å²) in [4.78, 5) is 12.0. The molecule has 0 saturated carbocycles. The van der Waals surface area contributed by atoms with Crippen LogP contribution in [-0.4, -0.2) is 12.0 Å². The zero-order valence-corrected chi connectivity index (χ0v) is 12.9. The van der Waals surface area contributed by atoms with E-state index in [1.165, 1.54) is 19.1 Å². The Hall–Kier alpha value is -1.85. The van der Waals surface area contributed by atoms with Crippen molar-refractivity contribution in [3.05, 3.63) is 58.1 Å². The monoisotopic (exact) mass is 345 g/mol. The molecule has 0 aliphatic rings. The summed E-state index contributed by atoms with van der Waals surface area (Å²) in [6.07, 6.45) is -1.02. The van der Waals surface area contributed by atoms with E-state index in [1.54, 1.807) is 6.07 Å². The number of carbonyl (C=O) groups excluding carboxylic acids is 1. The second-order valence-electron chi connectivity index (χ2n) is 4.45. The molecule has 0 saturated heterocycles. The fourth-order valence-electron chi connectivity index (χ4n) is 1.64. The number of hydrogen-bond acceptors (Lipinski definition) is 2. The molecule has 0 radical (unpaired) electrons. The van der Waals surface area contributed by atoms with Crippen LogP contribution in [0.4, 0.5) is 14.5 Å². The van der Waals surface area contributed by atoms with Crippen LogP contribution in [0.25, 0.3) is 0 Å². The summed E-state index contributed by atoms with van der Waals surface area (Å²) in [6, 6.07) is 7.41. The van der Waals surface area contributed by atoms with Crippen molar-refractivity contribution in [1.82, 2.24) is 0 Å². The second-order valence-corrected chi connectivity index (χ2v) is 5.29. The minimum absolute atomic E-state index is 0.221. The molecule has 1 unspecified atom stereocenters. The SMILES string of the molecule is CC(Oc1ccc(F)cc1F)C(=O)Nc1cc(Cl)ccc1Cl. The Labute approximate surface area is 135 Å². The van der Waals surface area contributed by atoms with Crippen LogP contribution in [0.1, 0.15) is 6.92 Å². The van der Waals surface area contributed by atoms with Gasteiger partial charge in [0.15, 0.2) is 17.7 Å². The van der Waals surface area contributed by atoms with E-state index in [0.717, 1.165) is 12.1 Å². The van der Waals surface area contributed by atoms with Gasteiger partial charge in [0.2, 0.25) is 0 Å². The minimum atomic E-state index is -1.02. The zero-order chi connectivity index (χ0) is 16.3. The molecule has 3 nitrogen and oxygen atoms in total. The summed E-state index contributed by atoms with van der Waals surface area (Å²) in [5.41, 5.74) is 0.314. The third-order valence-corrected chi connectivity index (χ3v) is 3.32. The van der Waals surface area contributed by atoms with Crippen molar-refractivity contribution in [2.45, 2.75) is 13.0 Å². The van der Waals surface area contributed by atoms with Gasteiger partial charge in [0, 0.05) is 11.1 Å². The van der Waals surface area contributed by atoms with Gasteiger partial charge in [-0.25, -0.2) is 8.78 Å². The first-order valence-corrected chi connectivity index (χ1v) is 7.00. The largest absolute Gasteiger partial charge is 0.478 e. The molecular formula is C15H11Cl2F2NO2. The van der Waals surface area contributed by atoms with Crippen molar-refractivity contribution in [2.75, 3.05) is 5.32 Å². The van der Waals surface area contributed by atoms with Gasteiger partial charge in [-0.3, -0.25) is 4.79 Å². The van der Waals surface area contributed by atoms with Crippen LogP contribution in [0.15, 0.2) is 36.4 Å². The number of rotatable bonds is 4. The number of carbonyl (C=O) groups is 1. The van der Waals surface area contributed by atoms with Crippen molar-refractivity contribution in [1.29, 1.82) is 0 Å². The van der Waals surface area contributed by atoms with Crippen LogP contribution in [-0.2, 0) is 4.79 Å². The smallest absolute Gasteiger partial charge is 0.265 e. The highest BCUT2D eigenvalue weighted by atomic mass is 35.5. The normalized spacial score (nSPS) is 11.9. The van der Waals surface area contributed by atoms with E-state index in [-0.39, 0.29) is 5.75 Å². The summed E-state index contributed by atoms with van der Waals surface area (Å²) in [7, 11) is 0. The van der Waals surface area contributed by atoms with Gasteiger partial charge in [0.05, 0.1) is 10.7 Å². The van der Waals surface area contributed by atoms with Crippen molar-refractivity contribution >= 4 is 34.8 Å². The third kappa shape index (κ3) is 4.08. The zero-order valence-electron chi connectivity index (χ0n) is 11.4. The summed E-state index contributed by atoms with van der Waals surface area (Å²) < 4.78 is 31.5. The predicted octanol–water partition coefficient (Wildman–Crippen LogP) is 4.68. The number of ether oxygens (including phenoxy) is 1. The molecule has 1 atom stereocenters. The van der Waals surface area contributed by atoms with E-state index in [2.05, 4.69) is 5.32 Å². The highest BCUT2D eigenvalue weighted by molar-refractivity contribution is 6.35. The molecule has 22 heavy (non-hydrogen) atoms. The Morgan fingerprint density at radius 3 is 2.59 bits per heavy atom. The van der Waals surface area contributed by atoms with Crippen molar-refractivity contribution in [3.8, 4) is 5.75 Å². The Balaban J connectivity index is 2.07. The Kier molecular flexibility index (Phi) is 5.21. The highest BCUT2D eigenvalue weighted by Crippen LogP contribution is 2.26. The van der Waals surface area contributed by atoms with E-state index < -0.39 is 23.6 Å². The molecule has 0 spiro atoms. The standard InChI is InChI=1S/C15H11Cl2F2NO2/c1-8(22-14-5-3-10(18)7-12(14)19)15(21)20-13-6-9(16)2-4-11(13)17/h2-8H,1H3,(H,20,21). The van der Waals surface area contributed by atoms with Crippen LogP contribution in [0.3, 0.4) is 0 Å². The van der Waals surface area contributed by atoms with E-state index in [0.29, 0.717) is 21.8 Å². The average molecular weight is 346 g/mol. The molecule has 0 heterocycles. The van der Waals surface area contributed by atoms with E-state index >= 15 is 0 Å². The maximum atomic E-state index is 13.5. The molecule has 116 valence electrons. The first-order valence-electron chi connectivity index (χ1n) is 6.24. The lowest BCUT2D eigenvalue weighted by molar-refractivity contribution is -0.122. The molecule has 0 fully saturated rings. The fraction of sp³-hybridized carbons (Fsp3) is 0.133. The van der Waals surface area contributed by atoms with Gasteiger partial charge in [0.25, 0.3) is 5.91 Å². The molecule has 0 bridgehead atoms. The summed E-state index contributed by atoms with van der Waals surface area (Å²) in [6.45, 7) is 1.43. The molecule has 1 amide bonds. The predicted molar refractivity (Wildman–Crippen MR) is 81.5 cm³/mol. The molecule has 7 heteroatoms. The lowest BCUT2D eigenvalue weighted by atomic mass is 10.3. The first-order chi connectivity index (χ1) is 10.4. The average Bonchev–Trinajstić information content (AvgIpc) is 2.45. The molecule has 0 aliphatic heterocycles. The van der Waals surface area contributed by atoms with Gasteiger partial charge in [-0.05, 0) is 37.3 Å². The third-order valence-electron chi connectivity index (χ3n) is 2.75. The van der Waals surface area contributed by atoms with Gasteiger partial charge < -0.3 is 10.1 Å². The fourth-order valence-corrected chi connectivity index (χ4v) is 1.98. The summed E-state index contributed by atoms with van der Waals surface area (Å²) >= 11 is 11.8. The van der Waals surface area contributed by atoms with Crippen LogP contribution in [0.5, 0.6) is 5.75 Å². The number of halogens is 4. The number of anilines is 1. The number of benzene rings is 2. The summed E-state index contributed by atoms with van der Waals surface area (Å²) in [5.74, 6) is -2.39. The van der Waals surface area contributed by atoms with Crippen LogP contribution in [0.2, 0.25) is 10.0 Å². The van der Waals surface area contributed by atoms with Gasteiger partial charge in [0.1, 0.15) is 5.82 Å². The molecule has 0 aromatic heterocycles. The van der Waals surface area contributed by atoms with E-state index in [1.807, 2.05) is 0 Å². The van der Waals surface area contributed by atoms with Crippen LogP contribution >= 0.6 is 23.2 Å². The highest BCUT2D eigenvalue weighted by Gasteiger charge is 2.18. The Bertz CT molecular complexity index is 710. The lowest BCUT2D eigenvalue weighted by Crippen LogP contribution is -2.30. The van der Waals surface area contributed by atoms with Crippen molar-refractivity contribution in [2.24, 2.45) is 0 Å².